The van der Waals surface area contributed by atoms with Crippen LogP contribution < -0.4 is 5.32 Å². The van der Waals surface area contributed by atoms with Crippen molar-refractivity contribution in [3.8, 4) is 11.1 Å². The molecule has 5 atom stereocenters. The first-order valence-electron chi connectivity index (χ1n) is 17.3. The van der Waals surface area contributed by atoms with Gasteiger partial charge in [0.15, 0.2) is 6.29 Å². The number of ether oxygens (including phenoxy) is 2. The minimum absolute atomic E-state index is 0.0212. The van der Waals surface area contributed by atoms with E-state index in [2.05, 4.69) is 16.3 Å². The monoisotopic (exact) mass is 680 g/mol. The van der Waals surface area contributed by atoms with E-state index in [1.807, 2.05) is 111 Å². The lowest BCUT2D eigenvalue weighted by Gasteiger charge is -2.39. The van der Waals surface area contributed by atoms with Crippen LogP contribution in [0, 0.1) is 0 Å². The first-order valence-corrected chi connectivity index (χ1v) is 17.3. The zero-order chi connectivity index (χ0) is 35.5. The molecule has 4 aromatic rings. The number of carboxylic acids is 1. The number of nitrogens with one attached hydrogen (secondary N) is 1. The Labute approximate surface area is 294 Å². The number of hydrogen-bond acceptors (Lipinski definition) is 7. The highest BCUT2D eigenvalue weighted by Gasteiger charge is 2.34. The molecule has 0 aliphatic carbocycles. The van der Waals surface area contributed by atoms with Gasteiger partial charge in [0.05, 0.1) is 24.9 Å². The number of aliphatic hydroxyl groups is 2. The van der Waals surface area contributed by atoms with Crippen molar-refractivity contribution in [2.45, 2.75) is 82.8 Å². The van der Waals surface area contributed by atoms with Gasteiger partial charge in [-0.25, -0.2) is 0 Å². The summed E-state index contributed by atoms with van der Waals surface area (Å²) in [5.41, 5.74) is 6.62. The van der Waals surface area contributed by atoms with Crippen molar-refractivity contribution in [3.05, 3.63) is 131 Å². The van der Waals surface area contributed by atoms with Crippen molar-refractivity contribution < 1.29 is 34.4 Å². The smallest absolute Gasteiger partial charge is 0.303 e. The molecule has 4 aromatic carbocycles. The maximum Gasteiger partial charge on any atom is 0.303 e. The molecular weight excluding hydrogens is 632 g/mol. The van der Waals surface area contributed by atoms with Crippen molar-refractivity contribution in [2.24, 2.45) is 0 Å². The fraction of sp³-hybridized carbons (Fsp3) is 0.366. The Balaban J connectivity index is 1.26. The normalized spacial score (nSPS) is 18.8. The molecule has 1 amide bonds. The van der Waals surface area contributed by atoms with Gasteiger partial charge in [-0.2, -0.15) is 0 Å². The molecule has 1 saturated heterocycles. The summed E-state index contributed by atoms with van der Waals surface area (Å²) in [5, 5.41) is 32.3. The Morgan fingerprint density at radius 1 is 0.840 bits per heavy atom. The minimum atomic E-state index is -0.846. The van der Waals surface area contributed by atoms with E-state index in [0.717, 1.165) is 38.9 Å². The largest absolute Gasteiger partial charge is 0.481 e. The van der Waals surface area contributed by atoms with Crippen LogP contribution in [0.4, 0.5) is 0 Å². The molecule has 9 nitrogen and oxygen atoms in total. The zero-order valence-electron chi connectivity index (χ0n) is 28.8. The van der Waals surface area contributed by atoms with Gasteiger partial charge in [-0.15, -0.1) is 0 Å². The Morgan fingerprint density at radius 2 is 1.54 bits per heavy atom. The van der Waals surface area contributed by atoms with Crippen LogP contribution in [0.1, 0.15) is 85.3 Å². The highest BCUT2D eigenvalue weighted by molar-refractivity contribution is 5.76. The summed E-state index contributed by atoms with van der Waals surface area (Å²) in [4.78, 5) is 25.1. The third-order valence-electron chi connectivity index (χ3n) is 9.38. The Bertz CT molecular complexity index is 1660. The van der Waals surface area contributed by atoms with Crippen LogP contribution in [0.25, 0.3) is 11.1 Å². The van der Waals surface area contributed by atoms with Gasteiger partial charge < -0.3 is 30.1 Å². The van der Waals surface area contributed by atoms with Gasteiger partial charge in [0.2, 0.25) is 5.91 Å². The fourth-order valence-electron chi connectivity index (χ4n) is 6.23. The Hall–Kier alpha value is -4.38. The maximum atomic E-state index is 12.2. The molecule has 0 unspecified atom stereocenters. The number of benzene rings is 4. The summed E-state index contributed by atoms with van der Waals surface area (Å²) in [7, 11) is 2.01. The first-order chi connectivity index (χ1) is 24.2. The van der Waals surface area contributed by atoms with Gasteiger partial charge in [0.1, 0.15) is 0 Å². The lowest BCUT2D eigenvalue weighted by molar-refractivity contribution is -0.253. The number of carbonyl (C=O) groups is 2. The number of amides is 1. The number of likely N-dealkylation sites (N-methyl/N-ethyl adjacent to an activating group) is 1. The molecule has 264 valence electrons. The summed E-state index contributed by atoms with van der Waals surface area (Å²) < 4.78 is 13.2. The quantitative estimate of drug-likeness (QED) is 0.0963. The van der Waals surface area contributed by atoms with E-state index in [0.29, 0.717) is 38.8 Å². The number of nitrogens with zero attached hydrogens (tertiary/aromatic N) is 1. The molecular formula is C41H48N2O7. The second kappa shape index (κ2) is 18.0. The molecule has 50 heavy (non-hydrogen) atoms. The summed E-state index contributed by atoms with van der Waals surface area (Å²) >= 11 is 0. The van der Waals surface area contributed by atoms with E-state index < -0.39 is 18.4 Å². The van der Waals surface area contributed by atoms with Gasteiger partial charge in [-0.1, -0.05) is 97.1 Å². The SMILES string of the molecule is C[C@@H]([C@H](O)c1ccccc1)N(C)C[C@H]1C[C@@H](c2ccc(CO)cc2)O[C@@H](c2ccc(-c3cccc(CNC(=O)CCCCC(=O)O)c3)cc2)O1. The molecule has 1 fully saturated rings. The van der Waals surface area contributed by atoms with E-state index in [9.17, 15) is 19.8 Å². The van der Waals surface area contributed by atoms with Crippen molar-refractivity contribution in [1.29, 1.82) is 0 Å². The van der Waals surface area contributed by atoms with Gasteiger partial charge >= 0.3 is 5.97 Å². The van der Waals surface area contributed by atoms with E-state index in [1.54, 1.807) is 0 Å². The lowest BCUT2D eigenvalue weighted by Crippen LogP contribution is -2.43. The number of carboxylic acid groups (broad SMARTS) is 1. The van der Waals surface area contributed by atoms with Gasteiger partial charge in [-0.3, -0.25) is 14.5 Å². The molecule has 4 N–H and O–H groups in total. The summed E-state index contributed by atoms with van der Waals surface area (Å²) in [6.45, 7) is 2.99. The number of aliphatic carboxylic acids is 1. The van der Waals surface area contributed by atoms with Crippen molar-refractivity contribution in [1.82, 2.24) is 10.2 Å². The van der Waals surface area contributed by atoms with E-state index in [-0.39, 0.29) is 37.2 Å². The van der Waals surface area contributed by atoms with Gasteiger partial charge in [0.25, 0.3) is 0 Å². The van der Waals surface area contributed by atoms with Crippen LogP contribution in [0.3, 0.4) is 0 Å². The average Bonchev–Trinajstić information content (AvgIpc) is 3.15. The first kappa shape index (κ1) is 36.9. The van der Waals surface area contributed by atoms with Gasteiger partial charge in [0, 0.05) is 44.0 Å². The van der Waals surface area contributed by atoms with Gasteiger partial charge in [-0.05, 0) is 66.3 Å². The molecule has 1 aliphatic rings. The molecule has 5 rings (SSSR count). The molecule has 0 radical (unpaired) electrons. The lowest BCUT2D eigenvalue weighted by atomic mass is 9.98. The van der Waals surface area contributed by atoms with Crippen LogP contribution in [0.15, 0.2) is 103 Å². The van der Waals surface area contributed by atoms with Crippen LogP contribution in [-0.2, 0) is 32.2 Å². The standard InChI is InChI=1S/C41H48N2O7/c1-28(40(48)33-10-4-3-5-11-33)43(2)26-36-24-37(32-17-15-29(27-44)16-18-32)50-41(49-36)34-21-19-31(20-22-34)35-12-8-9-30(23-35)25-42-38(45)13-6-7-14-39(46)47/h3-5,8-12,15-23,28,36-37,40-41,44,48H,6-7,13-14,24-27H2,1-2H3,(H,42,45)(H,46,47)/t28-,36+,37-,40-,41-/m0/s1. The van der Waals surface area contributed by atoms with Crippen molar-refractivity contribution >= 4 is 11.9 Å². The van der Waals surface area contributed by atoms with Crippen LogP contribution >= 0.6 is 0 Å². The van der Waals surface area contributed by atoms with Crippen molar-refractivity contribution in [2.75, 3.05) is 13.6 Å². The highest BCUT2D eigenvalue weighted by atomic mass is 16.7. The number of unbranched alkanes of at least 4 members (excludes halogenated alkanes) is 1. The molecule has 1 aliphatic heterocycles. The summed E-state index contributed by atoms with van der Waals surface area (Å²) in [6, 6.07) is 33.5. The average molecular weight is 681 g/mol. The second-order valence-corrected chi connectivity index (χ2v) is 13.1. The maximum absolute atomic E-state index is 12.2. The summed E-state index contributed by atoms with van der Waals surface area (Å²) in [6.07, 6.45) is 0.403. The second-order valence-electron chi connectivity index (χ2n) is 13.1. The molecule has 0 aromatic heterocycles. The predicted molar refractivity (Wildman–Crippen MR) is 192 cm³/mol. The topological polar surface area (TPSA) is 129 Å². The highest BCUT2D eigenvalue weighted by Crippen LogP contribution is 2.39. The molecule has 0 saturated carbocycles. The molecule has 9 heteroatoms. The number of rotatable bonds is 16. The molecule has 0 spiro atoms. The number of hydrogen-bond donors (Lipinski definition) is 4. The predicted octanol–water partition coefficient (Wildman–Crippen LogP) is 6.71. The Morgan fingerprint density at radius 3 is 2.24 bits per heavy atom. The number of aliphatic hydroxyl groups excluding tert-OH is 2. The van der Waals surface area contributed by atoms with E-state index in [1.165, 1.54) is 0 Å². The fourth-order valence-corrected chi connectivity index (χ4v) is 6.23. The number of carbonyl (C=O) groups excluding carboxylic acids is 1. The third kappa shape index (κ3) is 10.3. The minimum Gasteiger partial charge on any atom is -0.481 e. The van der Waals surface area contributed by atoms with Crippen LogP contribution in [0.2, 0.25) is 0 Å². The third-order valence-corrected chi connectivity index (χ3v) is 9.38. The zero-order valence-corrected chi connectivity index (χ0v) is 28.8. The van der Waals surface area contributed by atoms with Crippen LogP contribution in [0.5, 0.6) is 0 Å². The molecule has 1 heterocycles. The summed E-state index contributed by atoms with van der Waals surface area (Å²) in [5.74, 6) is -0.937. The Kier molecular flexibility index (Phi) is 13.3. The van der Waals surface area contributed by atoms with E-state index in [4.69, 9.17) is 14.6 Å². The van der Waals surface area contributed by atoms with E-state index >= 15 is 0 Å². The van der Waals surface area contributed by atoms with Crippen molar-refractivity contribution in [3.63, 3.8) is 0 Å². The molecule has 0 bridgehead atoms. The van der Waals surface area contributed by atoms with Crippen LogP contribution in [-0.4, -0.2) is 57.8 Å².